The first-order valence-electron chi connectivity index (χ1n) is 7.16. The minimum atomic E-state index is -0.330. The van der Waals surface area contributed by atoms with Crippen molar-refractivity contribution in [2.45, 2.75) is 23.7 Å². The number of hydrogen-bond acceptors (Lipinski definition) is 2. The number of hydrogen-bond donors (Lipinski definition) is 0. The van der Waals surface area contributed by atoms with Gasteiger partial charge in [-0.25, -0.2) is 0 Å². The fourth-order valence-corrected chi connectivity index (χ4v) is 4.73. The van der Waals surface area contributed by atoms with E-state index in [1.165, 1.54) is 29.7 Å². The van der Waals surface area contributed by atoms with Crippen molar-refractivity contribution in [2.75, 3.05) is 12.9 Å². The largest absolute Gasteiger partial charge is 0.368 e. The Morgan fingerprint density at radius 2 is 1.50 bits per heavy atom. The van der Waals surface area contributed by atoms with Gasteiger partial charge in [0, 0.05) is 12.4 Å². The quantitative estimate of drug-likeness (QED) is 0.819. The van der Waals surface area contributed by atoms with E-state index < -0.39 is 0 Å². The third-order valence-corrected chi connectivity index (χ3v) is 5.60. The van der Waals surface area contributed by atoms with Crippen molar-refractivity contribution in [1.29, 1.82) is 0 Å². The van der Waals surface area contributed by atoms with Gasteiger partial charge in [0.05, 0.1) is 0 Å². The van der Waals surface area contributed by atoms with E-state index >= 15 is 0 Å². The average Bonchev–Trinajstić information content (AvgIpc) is 3.06. The highest BCUT2D eigenvalue weighted by molar-refractivity contribution is 8.00. The minimum absolute atomic E-state index is 0.330. The highest BCUT2D eigenvalue weighted by Gasteiger charge is 2.44. The molecule has 0 spiro atoms. The molecule has 104 valence electrons. The van der Waals surface area contributed by atoms with Gasteiger partial charge in [-0.3, -0.25) is 0 Å². The fraction of sp³-hybridized carbons (Fsp3) is 0.333. The monoisotopic (exact) mass is 284 g/mol. The van der Waals surface area contributed by atoms with Crippen LogP contribution in [0.3, 0.4) is 0 Å². The van der Waals surface area contributed by atoms with Gasteiger partial charge in [-0.15, -0.1) is 0 Å². The summed E-state index contributed by atoms with van der Waals surface area (Å²) in [6.07, 6.45) is 2.49. The molecule has 0 amide bonds. The van der Waals surface area contributed by atoms with Crippen LogP contribution < -0.4 is 0 Å². The summed E-state index contributed by atoms with van der Waals surface area (Å²) in [5.41, 5.74) is 2.19. The van der Waals surface area contributed by atoms with Crippen molar-refractivity contribution in [1.82, 2.24) is 0 Å². The first-order chi connectivity index (χ1) is 9.88. The second-order valence-electron chi connectivity index (χ2n) is 5.17. The predicted octanol–water partition coefficient (Wildman–Crippen LogP) is 4.47. The van der Waals surface area contributed by atoms with Crippen molar-refractivity contribution in [3.05, 3.63) is 71.8 Å². The number of thioether (sulfide) groups is 1. The highest BCUT2D eigenvalue weighted by atomic mass is 32.2. The Kier molecular flexibility index (Phi) is 4.13. The van der Waals surface area contributed by atoms with Crippen LogP contribution in [0.5, 0.6) is 0 Å². The number of rotatable bonds is 4. The lowest BCUT2D eigenvalue weighted by Gasteiger charge is -2.38. The zero-order valence-electron chi connectivity index (χ0n) is 11.8. The number of benzene rings is 2. The summed E-state index contributed by atoms with van der Waals surface area (Å²) in [6, 6.07) is 21.3. The van der Waals surface area contributed by atoms with Crippen LogP contribution in [-0.4, -0.2) is 18.1 Å². The lowest BCUT2D eigenvalue weighted by atomic mass is 9.81. The Bertz CT molecular complexity index is 492. The van der Waals surface area contributed by atoms with E-state index in [0.717, 1.165) is 0 Å². The maximum atomic E-state index is 6.17. The average molecular weight is 284 g/mol. The van der Waals surface area contributed by atoms with Crippen LogP contribution >= 0.6 is 11.8 Å². The molecule has 0 N–H and O–H groups in total. The Morgan fingerprint density at radius 1 is 0.950 bits per heavy atom. The van der Waals surface area contributed by atoms with Gasteiger partial charge in [0.1, 0.15) is 5.60 Å². The topological polar surface area (TPSA) is 9.23 Å². The molecular weight excluding hydrogens is 264 g/mol. The van der Waals surface area contributed by atoms with Gasteiger partial charge in [0.25, 0.3) is 0 Å². The summed E-state index contributed by atoms with van der Waals surface area (Å²) >= 11 is 2.04. The van der Waals surface area contributed by atoms with Crippen LogP contribution in [0.4, 0.5) is 0 Å². The van der Waals surface area contributed by atoms with Gasteiger partial charge in [-0.05, 0) is 29.7 Å². The zero-order chi connectivity index (χ0) is 13.8. The standard InChI is InChI=1S/C18H20OS/c1-19-18(17-13-8-14-20-17,15-9-4-2-5-10-15)16-11-6-3-7-12-16/h2-7,9-12,17H,8,13-14H2,1H3/t17-/m0/s1. The molecule has 0 radical (unpaired) electrons. The van der Waals surface area contributed by atoms with Crippen molar-refractivity contribution < 1.29 is 4.74 Å². The predicted molar refractivity (Wildman–Crippen MR) is 86.2 cm³/mol. The Balaban J connectivity index is 2.15. The summed E-state index contributed by atoms with van der Waals surface area (Å²) in [5.74, 6) is 1.23. The summed E-state index contributed by atoms with van der Waals surface area (Å²) < 4.78 is 6.17. The second kappa shape index (κ2) is 6.02. The van der Waals surface area contributed by atoms with Gasteiger partial charge in [-0.2, -0.15) is 11.8 Å². The SMILES string of the molecule is COC(c1ccccc1)(c1ccccc1)[C@@H]1CCCS1. The van der Waals surface area contributed by atoms with Crippen molar-refractivity contribution in [3.63, 3.8) is 0 Å². The molecule has 1 atom stereocenters. The maximum absolute atomic E-state index is 6.17. The molecule has 1 heterocycles. The Labute approximate surface area is 125 Å². The van der Waals surface area contributed by atoms with Crippen molar-refractivity contribution in [2.24, 2.45) is 0 Å². The Morgan fingerprint density at radius 3 is 1.90 bits per heavy atom. The second-order valence-corrected chi connectivity index (χ2v) is 6.48. The van der Waals surface area contributed by atoms with E-state index in [0.29, 0.717) is 5.25 Å². The van der Waals surface area contributed by atoms with E-state index in [9.17, 15) is 0 Å². The third kappa shape index (κ3) is 2.27. The maximum Gasteiger partial charge on any atom is 0.129 e. The molecule has 1 nitrogen and oxygen atoms in total. The van der Waals surface area contributed by atoms with E-state index in [1.807, 2.05) is 18.9 Å². The van der Waals surface area contributed by atoms with Gasteiger partial charge in [-0.1, -0.05) is 60.7 Å². The molecule has 20 heavy (non-hydrogen) atoms. The minimum Gasteiger partial charge on any atom is -0.368 e. The number of ether oxygens (including phenoxy) is 1. The van der Waals surface area contributed by atoms with E-state index in [2.05, 4.69) is 60.7 Å². The molecule has 1 aliphatic rings. The molecule has 3 rings (SSSR count). The van der Waals surface area contributed by atoms with Crippen LogP contribution in [0.1, 0.15) is 24.0 Å². The lowest BCUT2D eigenvalue weighted by molar-refractivity contribution is 0.0196. The molecule has 2 heteroatoms. The summed E-state index contributed by atoms with van der Waals surface area (Å²) in [4.78, 5) is 0. The summed E-state index contributed by atoms with van der Waals surface area (Å²) in [7, 11) is 1.85. The molecule has 0 aliphatic carbocycles. The molecule has 1 saturated heterocycles. The lowest BCUT2D eigenvalue weighted by Crippen LogP contribution is -2.39. The molecule has 0 aromatic heterocycles. The molecule has 0 bridgehead atoms. The van der Waals surface area contributed by atoms with Crippen LogP contribution in [0.2, 0.25) is 0 Å². The molecular formula is C18H20OS. The zero-order valence-corrected chi connectivity index (χ0v) is 12.6. The van der Waals surface area contributed by atoms with Gasteiger partial charge in [0.2, 0.25) is 0 Å². The van der Waals surface area contributed by atoms with Crippen LogP contribution in [-0.2, 0) is 10.3 Å². The van der Waals surface area contributed by atoms with Gasteiger partial charge >= 0.3 is 0 Å². The van der Waals surface area contributed by atoms with Crippen molar-refractivity contribution >= 4 is 11.8 Å². The van der Waals surface area contributed by atoms with Crippen LogP contribution in [0, 0.1) is 0 Å². The van der Waals surface area contributed by atoms with Gasteiger partial charge < -0.3 is 4.74 Å². The van der Waals surface area contributed by atoms with E-state index in [-0.39, 0.29) is 5.60 Å². The number of methoxy groups -OCH3 is 1. The molecule has 1 fully saturated rings. The Hall–Kier alpha value is -1.25. The smallest absolute Gasteiger partial charge is 0.129 e. The molecule has 2 aromatic rings. The van der Waals surface area contributed by atoms with Crippen LogP contribution in [0.15, 0.2) is 60.7 Å². The summed E-state index contributed by atoms with van der Waals surface area (Å²) in [6.45, 7) is 0. The summed E-state index contributed by atoms with van der Waals surface area (Å²) in [5, 5.41) is 0.484. The normalized spacial score (nSPS) is 19.1. The molecule has 0 saturated carbocycles. The van der Waals surface area contributed by atoms with Gasteiger partial charge in [0.15, 0.2) is 0 Å². The third-order valence-electron chi connectivity index (χ3n) is 4.11. The van der Waals surface area contributed by atoms with Crippen LogP contribution in [0.25, 0.3) is 0 Å². The first kappa shape index (κ1) is 13.7. The van der Waals surface area contributed by atoms with E-state index in [4.69, 9.17) is 4.74 Å². The van der Waals surface area contributed by atoms with Crippen molar-refractivity contribution in [3.8, 4) is 0 Å². The first-order valence-corrected chi connectivity index (χ1v) is 8.20. The molecule has 0 unspecified atom stereocenters. The molecule has 1 aliphatic heterocycles. The highest BCUT2D eigenvalue weighted by Crippen LogP contribution is 2.46. The fourth-order valence-electron chi connectivity index (χ4n) is 3.18. The van der Waals surface area contributed by atoms with E-state index in [1.54, 1.807) is 0 Å². The molecule has 2 aromatic carbocycles.